The van der Waals surface area contributed by atoms with Crippen LogP contribution < -0.4 is 9.47 Å². The molecule has 1 aromatic rings. The first-order valence-corrected chi connectivity index (χ1v) is 7.13. The normalized spacial score (nSPS) is 21.2. The van der Waals surface area contributed by atoms with E-state index in [-0.39, 0.29) is 6.10 Å². The summed E-state index contributed by atoms with van der Waals surface area (Å²) < 4.78 is 11.4. The van der Waals surface area contributed by atoms with Gasteiger partial charge >= 0.3 is 0 Å². The Balaban J connectivity index is 2.14. The number of methoxy groups -OCH3 is 1. The zero-order valence-electron chi connectivity index (χ0n) is 12.5. The fourth-order valence-corrected chi connectivity index (χ4v) is 2.78. The molecule has 0 amide bonds. The molecule has 1 aliphatic rings. The number of hydrogen-bond acceptors (Lipinski definition) is 4. The van der Waals surface area contributed by atoms with Crippen molar-refractivity contribution < 1.29 is 14.3 Å². The predicted octanol–water partition coefficient (Wildman–Crippen LogP) is 2.62. The summed E-state index contributed by atoms with van der Waals surface area (Å²) in [6.07, 6.45) is 3.24. The number of para-hydroxylation sites is 1. The highest BCUT2D eigenvalue weighted by Gasteiger charge is 2.25. The Hall–Kier alpha value is -1.55. The summed E-state index contributed by atoms with van der Waals surface area (Å²) in [4.78, 5) is 13.5. The molecule has 110 valence electrons. The van der Waals surface area contributed by atoms with Crippen LogP contribution >= 0.6 is 0 Å². The quantitative estimate of drug-likeness (QED) is 0.776. The molecule has 20 heavy (non-hydrogen) atoms. The SMILES string of the molecule is COc1cccc(C=O)c1OC(C)C1CCCN(C)C1. The molecular formula is C16H23NO3. The molecule has 2 rings (SSSR count). The number of rotatable bonds is 5. The van der Waals surface area contributed by atoms with E-state index >= 15 is 0 Å². The molecule has 1 aliphatic heterocycles. The van der Waals surface area contributed by atoms with E-state index in [4.69, 9.17) is 9.47 Å². The van der Waals surface area contributed by atoms with Crippen molar-refractivity contribution in [1.29, 1.82) is 0 Å². The van der Waals surface area contributed by atoms with Gasteiger partial charge in [0.1, 0.15) is 6.10 Å². The Labute approximate surface area is 120 Å². The summed E-state index contributed by atoms with van der Waals surface area (Å²) in [7, 11) is 3.73. The number of carbonyl (C=O) groups is 1. The lowest BCUT2D eigenvalue weighted by molar-refractivity contribution is 0.0862. The zero-order valence-corrected chi connectivity index (χ0v) is 12.5. The molecule has 1 aromatic carbocycles. The third kappa shape index (κ3) is 3.31. The number of aldehydes is 1. The van der Waals surface area contributed by atoms with Crippen LogP contribution in [-0.2, 0) is 0 Å². The Kier molecular flexibility index (Phi) is 5.01. The van der Waals surface area contributed by atoms with Crippen LogP contribution in [-0.4, -0.2) is 44.5 Å². The summed E-state index contributed by atoms with van der Waals surface area (Å²) in [6.45, 7) is 4.26. The van der Waals surface area contributed by atoms with E-state index in [9.17, 15) is 4.79 Å². The number of likely N-dealkylation sites (tertiary alicyclic amines) is 1. The fourth-order valence-electron chi connectivity index (χ4n) is 2.78. The van der Waals surface area contributed by atoms with Gasteiger partial charge < -0.3 is 14.4 Å². The Morgan fingerprint density at radius 2 is 2.25 bits per heavy atom. The third-order valence-corrected chi connectivity index (χ3v) is 3.98. The van der Waals surface area contributed by atoms with E-state index in [1.807, 2.05) is 6.07 Å². The van der Waals surface area contributed by atoms with Gasteiger partial charge in [-0.3, -0.25) is 4.79 Å². The average molecular weight is 277 g/mol. The topological polar surface area (TPSA) is 38.8 Å². The molecule has 2 atom stereocenters. The van der Waals surface area contributed by atoms with Gasteiger partial charge in [0.25, 0.3) is 0 Å². The minimum absolute atomic E-state index is 0.0627. The van der Waals surface area contributed by atoms with Gasteiger partial charge in [-0.25, -0.2) is 0 Å². The van der Waals surface area contributed by atoms with Crippen molar-refractivity contribution in [1.82, 2.24) is 4.90 Å². The molecule has 0 aromatic heterocycles. The van der Waals surface area contributed by atoms with Crippen LogP contribution in [0.15, 0.2) is 18.2 Å². The highest BCUT2D eigenvalue weighted by Crippen LogP contribution is 2.33. The molecule has 1 saturated heterocycles. The van der Waals surface area contributed by atoms with Crippen LogP contribution in [0.1, 0.15) is 30.1 Å². The van der Waals surface area contributed by atoms with E-state index in [0.717, 1.165) is 25.8 Å². The second-order valence-corrected chi connectivity index (χ2v) is 5.48. The Morgan fingerprint density at radius 1 is 1.45 bits per heavy atom. The maximum Gasteiger partial charge on any atom is 0.172 e. The van der Waals surface area contributed by atoms with Crippen molar-refractivity contribution in [3.63, 3.8) is 0 Å². The molecule has 0 aliphatic carbocycles. The third-order valence-electron chi connectivity index (χ3n) is 3.98. The maximum atomic E-state index is 11.2. The van der Waals surface area contributed by atoms with Gasteiger partial charge in [0, 0.05) is 12.5 Å². The number of nitrogens with zero attached hydrogens (tertiary/aromatic N) is 1. The lowest BCUT2D eigenvalue weighted by atomic mass is 9.93. The van der Waals surface area contributed by atoms with Gasteiger partial charge in [0.05, 0.1) is 12.7 Å². The number of ether oxygens (including phenoxy) is 2. The van der Waals surface area contributed by atoms with E-state index in [1.54, 1.807) is 19.2 Å². The largest absolute Gasteiger partial charge is 0.493 e. The van der Waals surface area contributed by atoms with Crippen molar-refractivity contribution in [3.8, 4) is 11.5 Å². The van der Waals surface area contributed by atoms with Gasteiger partial charge in [-0.05, 0) is 45.5 Å². The van der Waals surface area contributed by atoms with Crippen molar-refractivity contribution in [3.05, 3.63) is 23.8 Å². The molecule has 0 radical (unpaired) electrons. The minimum Gasteiger partial charge on any atom is -0.493 e. The molecule has 2 unspecified atom stereocenters. The molecule has 1 heterocycles. The predicted molar refractivity (Wildman–Crippen MR) is 78.7 cm³/mol. The van der Waals surface area contributed by atoms with Gasteiger partial charge in [0.15, 0.2) is 17.8 Å². The summed E-state index contributed by atoms with van der Waals surface area (Å²) >= 11 is 0. The van der Waals surface area contributed by atoms with Crippen LogP contribution in [0, 0.1) is 5.92 Å². The molecule has 1 fully saturated rings. The van der Waals surface area contributed by atoms with Gasteiger partial charge in [-0.1, -0.05) is 6.07 Å². The number of carbonyl (C=O) groups excluding carboxylic acids is 1. The first-order valence-electron chi connectivity index (χ1n) is 7.13. The molecule has 0 saturated carbocycles. The molecular weight excluding hydrogens is 254 g/mol. The summed E-state index contributed by atoms with van der Waals surface area (Å²) in [5.41, 5.74) is 0.542. The summed E-state index contributed by atoms with van der Waals surface area (Å²) in [6, 6.07) is 5.38. The monoisotopic (exact) mass is 277 g/mol. The van der Waals surface area contributed by atoms with E-state index in [0.29, 0.717) is 23.0 Å². The zero-order chi connectivity index (χ0) is 14.5. The Morgan fingerprint density at radius 3 is 2.90 bits per heavy atom. The smallest absolute Gasteiger partial charge is 0.172 e. The highest BCUT2D eigenvalue weighted by atomic mass is 16.5. The Bertz CT molecular complexity index is 461. The van der Waals surface area contributed by atoms with Crippen molar-refractivity contribution in [2.75, 3.05) is 27.2 Å². The van der Waals surface area contributed by atoms with Crippen LogP contribution in [0.2, 0.25) is 0 Å². The van der Waals surface area contributed by atoms with Crippen molar-refractivity contribution in [2.45, 2.75) is 25.9 Å². The van der Waals surface area contributed by atoms with E-state index in [2.05, 4.69) is 18.9 Å². The minimum atomic E-state index is 0.0627. The summed E-state index contributed by atoms with van der Waals surface area (Å²) in [5, 5.41) is 0. The first kappa shape index (κ1) is 14.9. The summed E-state index contributed by atoms with van der Waals surface area (Å²) in [5.74, 6) is 1.66. The lowest BCUT2D eigenvalue weighted by Gasteiger charge is -2.33. The second-order valence-electron chi connectivity index (χ2n) is 5.48. The van der Waals surface area contributed by atoms with Crippen LogP contribution in [0.25, 0.3) is 0 Å². The first-order chi connectivity index (χ1) is 9.65. The van der Waals surface area contributed by atoms with E-state index in [1.165, 1.54) is 6.42 Å². The van der Waals surface area contributed by atoms with Gasteiger partial charge in [0.2, 0.25) is 0 Å². The molecule has 0 bridgehead atoms. The lowest BCUT2D eigenvalue weighted by Crippen LogP contribution is -2.39. The molecule has 4 heteroatoms. The maximum absolute atomic E-state index is 11.2. The second kappa shape index (κ2) is 6.75. The molecule has 0 N–H and O–H groups in total. The van der Waals surface area contributed by atoms with Gasteiger partial charge in [-0.2, -0.15) is 0 Å². The molecule has 4 nitrogen and oxygen atoms in total. The number of benzene rings is 1. The van der Waals surface area contributed by atoms with Crippen molar-refractivity contribution in [2.24, 2.45) is 5.92 Å². The average Bonchev–Trinajstić information content (AvgIpc) is 2.47. The number of hydrogen-bond donors (Lipinski definition) is 0. The van der Waals surface area contributed by atoms with E-state index < -0.39 is 0 Å². The van der Waals surface area contributed by atoms with Crippen LogP contribution in [0.5, 0.6) is 11.5 Å². The van der Waals surface area contributed by atoms with Crippen molar-refractivity contribution >= 4 is 6.29 Å². The van der Waals surface area contributed by atoms with Crippen LogP contribution in [0.4, 0.5) is 0 Å². The standard InChI is InChI=1S/C16H23NO3/c1-12(13-7-5-9-17(2)10-13)20-16-14(11-18)6-4-8-15(16)19-3/h4,6,8,11-13H,5,7,9-10H2,1-3H3. The van der Waals surface area contributed by atoms with Crippen LogP contribution in [0.3, 0.4) is 0 Å². The van der Waals surface area contributed by atoms with Gasteiger partial charge in [-0.15, -0.1) is 0 Å². The highest BCUT2D eigenvalue weighted by molar-refractivity contribution is 5.81. The fraction of sp³-hybridized carbons (Fsp3) is 0.562. The molecule has 0 spiro atoms. The number of piperidine rings is 1.